The average molecular weight is 699 g/mol. The van der Waals surface area contributed by atoms with Gasteiger partial charge in [-0.05, 0) is 55.2 Å². The van der Waals surface area contributed by atoms with Crippen molar-refractivity contribution in [2.24, 2.45) is 0 Å². The van der Waals surface area contributed by atoms with E-state index in [1.165, 1.54) is 11.0 Å². The Morgan fingerprint density at radius 2 is 1.59 bits per heavy atom. The van der Waals surface area contributed by atoms with Crippen molar-refractivity contribution < 1.29 is 31.2 Å². The average Bonchev–Trinajstić information content (AvgIpc) is 3.51. The van der Waals surface area contributed by atoms with Crippen molar-refractivity contribution in [2.75, 3.05) is 17.1 Å². The zero-order chi connectivity index (χ0) is 33.5. The molecule has 0 radical (unpaired) electrons. The smallest absolute Gasteiger partial charge is 0.352 e. The van der Waals surface area contributed by atoms with Gasteiger partial charge in [-0.25, -0.2) is 8.42 Å². The van der Waals surface area contributed by atoms with Crippen LogP contribution in [0.2, 0.25) is 10.0 Å². The second kappa shape index (κ2) is 15.5. The van der Waals surface area contributed by atoms with Gasteiger partial charge in [0.05, 0.1) is 17.5 Å². The van der Waals surface area contributed by atoms with Crippen LogP contribution < -0.4 is 9.62 Å². The van der Waals surface area contributed by atoms with Crippen LogP contribution in [0, 0.1) is 0 Å². The molecule has 46 heavy (non-hydrogen) atoms. The van der Waals surface area contributed by atoms with Gasteiger partial charge in [0.1, 0.15) is 6.04 Å². The number of hydrogen-bond acceptors (Lipinski definition) is 4. The molecular formula is C33H36Cl2F3N3O4S. The van der Waals surface area contributed by atoms with Crippen LogP contribution in [-0.4, -0.2) is 50.0 Å². The third-order valence-corrected chi connectivity index (χ3v) is 9.88. The first-order valence-corrected chi connectivity index (χ1v) is 17.6. The summed E-state index contributed by atoms with van der Waals surface area (Å²) in [6.07, 6.45) is -0.134. The van der Waals surface area contributed by atoms with Crippen LogP contribution >= 0.6 is 23.2 Å². The first-order chi connectivity index (χ1) is 21.7. The van der Waals surface area contributed by atoms with Crippen LogP contribution in [0.25, 0.3) is 0 Å². The topological polar surface area (TPSA) is 86.8 Å². The summed E-state index contributed by atoms with van der Waals surface area (Å²) < 4.78 is 66.2. The molecule has 0 bridgehead atoms. The predicted octanol–water partition coefficient (Wildman–Crippen LogP) is 7.26. The Morgan fingerprint density at radius 3 is 2.20 bits per heavy atom. The number of hydrogen-bond donors (Lipinski definition) is 1. The summed E-state index contributed by atoms with van der Waals surface area (Å²) in [4.78, 5) is 29.3. The summed E-state index contributed by atoms with van der Waals surface area (Å²) in [6, 6.07) is 17.2. The summed E-state index contributed by atoms with van der Waals surface area (Å²) >= 11 is 13.0. The Labute approximate surface area is 277 Å². The minimum absolute atomic E-state index is 0.0117. The first kappa shape index (κ1) is 35.6. The summed E-state index contributed by atoms with van der Waals surface area (Å²) in [6.45, 7) is -0.347. The summed E-state index contributed by atoms with van der Waals surface area (Å²) in [5.74, 6) is -0.787. The largest absolute Gasteiger partial charge is 0.416 e. The Hall–Kier alpha value is -3.28. The van der Waals surface area contributed by atoms with E-state index in [1.54, 1.807) is 18.2 Å². The fourth-order valence-electron chi connectivity index (χ4n) is 5.62. The van der Waals surface area contributed by atoms with Crippen LogP contribution in [0.5, 0.6) is 0 Å². The van der Waals surface area contributed by atoms with Crippen LogP contribution in [0.1, 0.15) is 55.2 Å². The van der Waals surface area contributed by atoms with E-state index in [2.05, 4.69) is 5.32 Å². The number of rotatable bonds is 13. The monoisotopic (exact) mass is 697 g/mol. The Balaban J connectivity index is 1.63. The number of benzene rings is 3. The Kier molecular flexibility index (Phi) is 12.0. The number of anilines is 1. The lowest BCUT2D eigenvalue weighted by molar-refractivity contribution is -0.141. The highest BCUT2D eigenvalue weighted by atomic mass is 35.5. The Bertz CT molecular complexity index is 1600. The second-order valence-corrected chi connectivity index (χ2v) is 14.1. The van der Waals surface area contributed by atoms with Gasteiger partial charge in [-0.15, -0.1) is 0 Å². The number of carbonyl (C=O) groups is 2. The maximum absolute atomic E-state index is 14.0. The Morgan fingerprint density at radius 1 is 0.957 bits per heavy atom. The van der Waals surface area contributed by atoms with Crippen molar-refractivity contribution in [3.05, 3.63) is 99.5 Å². The van der Waals surface area contributed by atoms with E-state index in [0.717, 1.165) is 60.0 Å². The highest BCUT2D eigenvalue weighted by Gasteiger charge is 2.34. The van der Waals surface area contributed by atoms with Gasteiger partial charge >= 0.3 is 6.18 Å². The summed E-state index contributed by atoms with van der Waals surface area (Å²) in [7, 11) is -4.00. The third kappa shape index (κ3) is 9.62. The van der Waals surface area contributed by atoms with E-state index >= 15 is 0 Å². The van der Waals surface area contributed by atoms with E-state index < -0.39 is 33.7 Å². The summed E-state index contributed by atoms with van der Waals surface area (Å²) in [5, 5.41) is 3.73. The van der Waals surface area contributed by atoms with Gasteiger partial charge in [-0.3, -0.25) is 13.9 Å². The number of amides is 2. The lowest BCUT2D eigenvalue weighted by atomic mass is 10.0. The molecule has 4 rings (SSSR count). The van der Waals surface area contributed by atoms with Crippen molar-refractivity contribution >= 4 is 50.7 Å². The lowest BCUT2D eigenvalue weighted by Gasteiger charge is -2.33. The van der Waals surface area contributed by atoms with Crippen LogP contribution in [-0.2, 0) is 38.8 Å². The SMILES string of the molecule is CS(=O)(=O)N(CCCC(=O)N(Cc1c(Cl)cccc1Cl)[C@@H](Cc1ccccc1)C(=O)NC1CCCC1)c1cccc(C(F)(F)F)c1. The van der Waals surface area contributed by atoms with Gasteiger partial charge in [-0.2, -0.15) is 13.2 Å². The molecule has 0 aromatic heterocycles. The molecule has 7 nitrogen and oxygen atoms in total. The molecule has 0 saturated heterocycles. The van der Waals surface area contributed by atoms with E-state index in [0.29, 0.717) is 15.6 Å². The van der Waals surface area contributed by atoms with Gasteiger partial charge in [0, 0.05) is 47.6 Å². The predicted molar refractivity (Wildman–Crippen MR) is 174 cm³/mol. The van der Waals surface area contributed by atoms with Crippen molar-refractivity contribution in [3.63, 3.8) is 0 Å². The number of nitrogens with zero attached hydrogens (tertiary/aromatic N) is 2. The molecule has 1 N–H and O–H groups in total. The van der Waals surface area contributed by atoms with E-state index in [-0.39, 0.29) is 50.0 Å². The van der Waals surface area contributed by atoms with Gasteiger partial charge < -0.3 is 10.2 Å². The van der Waals surface area contributed by atoms with Gasteiger partial charge in [0.2, 0.25) is 21.8 Å². The van der Waals surface area contributed by atoms with E-state index in [1.807, 2.05) is 30.3 Å². The highest BCUT2D eigenvalue weighted by Crippen LogP contribution is 2.33. The summed E-state index contributed by atoms with van der Waals surface area (Å²) in [5.41, 5.74) is 0.120. The standard InChI is InChI=1S/C33H36Cl2F3N3O4S/c1-46(44,45)41(26-15-7-12-24(21-26)33(36,37)38)19-9-18-31(42)40(22-27-28(34)16-8-17-29(27)35)30(20-23-10-3-2-4-11-23)32(43)39-25-13-5-6-14-25/h2-4,7-8,10-12,15-17,21,25,30H,5-6,9,13-14,18-20,22H2,1H3,(H,39,43)/t30-/m0/s1. The minimum atomic E-state index is -4.66. The van der Waals surface area contributed by atoms with Crippen molar-refractivity contribution in [3.8, 4) is 0 Å². The molecule has 1 saturated carbocycles. The van der Waals surface area contributed by atoms with E-state index in [9.17, 15) is 31.2 Å². The molecule has 0 aliphatic heterocycles. The molecule has 0 unspecified atom stereocenters. The lowest BCUT2D eigenvalue weighted by Crippen LogP contribution is -2.52. The molecule has 0 heterocycles. The molecular weight excluding hydrogens is 662 g/mol. The molecule has 1 aliphatic carbocycles. The minimum Gasteiger partial charge on any atom is -0.352 e. The van der Waals surface area contributed by atoms with E-state index in [4.69, 9.17) is 23.2 Å². The molecule has 2 amide bonds. The fourth-order valence-corrected chi connectivity index (χ4v) is 7.09. The molecule has 1 fully saturated rings. The maximum atomic E-state index is 14.0. The maximum Gasteiger partial charge on any atom is 0.416 e. The third-order valence-electron chi connectivity index (χ3n) is 7.98. The van der Waals surface area contributed by atoms with Crippen molar-refractivity contribution in [1.82, 2.24) is 10.2 Å². The molecule has 3 aromatic carbocycles. The molecule has 1 aliphatic rings. The van der Waals surface area contributed by atoms with Crippen LogP contribution in [0.15, 0.2) is 72.8 Å². The number of sulfonamides is 1. The second-order valence-electron chi connectivity index (χ2n) is 11.4. The fraction of sp³-hybridized carbons (Fsp3) is 0.394. The van der Waals surface area contributed by atoms with Gasteiger partial charge in [0.25, 0.3) is 0 Å². The zero-order valence-electron chi connectivity index (χ0n) is 25.3. The molecule has 248 valence electrons. The molecule has 1 atom stereocenters. The number of carbonyl (C=O) groups excluding carboxylic acids is 2. The quantitative estimate of drug-likeness (QED) is 0.204. The molecule has 13 heteroatoms. The molecule has 3 aromatic rings. The van der Waals surface area contributed by atoms with Crippen LogP contribution in [0.4, 0.5) is 18.9 Å². The van der Waals surface area contributed by atoms with Crippen LogP contribution in [0.3, 0.4) is 0 Å². The van der Waals surface area contributed by atoms with Crippen molar-refractivity contribution in [1.29, 1.82) is 0 Å². The van der Waals surface area contributed by atoms with Gasteiger partial charge in [-0.1, -0.05) is 78.5 Å². The molecule has 0 spiro atoms. The number of nitrogens with one attached hydrogen (secondary N) is 1. The van der Waals surface area contributed by atoms with Crippen molar-refractivity contribution in [2.45, 2.75) is 69.8 Å². The zero-order valence-corrected chi connectivity index (χ0v) is 27.6. The normalized spacial score (nSPS) is 14.6. The highest BCUT2D eigenvalue weighted by molar-refractivity contribution is 7.92. The number of halogens is 5. The first-order valence-electron chi connectivity index (χ1n) is 15.0. The number of alkyl halides is 3. The van der Waals surface area contributed by atoms with Gasteiger partial charge in [0.15, 0.2) is 0 Å².